The molecule has 5 heteroatoms. The summed E-state index contributed by atoms with van der Waals surface area (Å²) in [5, 5.41) is 4.07. The first kappa shape index (κ1) is 16.8. The topological polar surface area (TPSA) is 55.0 Å². The molecule has 0 atom stereocenters. The van der Waals surface area contributed by atoms with Crippen LogP contribution in [-0.2, 0) is 0 Å². The molecule has 5 nitrogen and oxygen atoms in total. The second-order valence-electron chi connectivity index (χ2n) is 8.26. The van der Waals surface area contributed by atoms with E-state index in [1.165, 1.54) is 0 Å². The molecule has 0 N–H and O–H groups in total. The van der Waals surface area contributed by atoms with Gasteiger partial charge in [0.25, 0.3) is 5.96 Å². The van der Waals surface area contributed by atoms with Crippen LogP contribution >= 0.6 is 0 Å². The molecule has 0 aromatic heterocycles. The van der Waals surface area contributed by atoms with E-state index in [-0.39, 0.29) is 22.7 Å². The zero-order valence-corrected chi connectivity index (χ0v) is 14.5. The Morgan fingerprint density at radius 3 is 2.10 bits per heavy atom. The van der Waals surface area contributed by atoms with Gasteiger partial charge in [0.15, 0.2) is 0 Å². The van der Waals surface area contributed by atoms with Crippen LogP contribution in [0.4, 0.5) is 0 Å². The van der Waals surface area contributed by atoms with Crippen molar-refractivity contribution in [1.82, 2.24) is 4.90 Å². The summed E-state index contributed by atoms with van der Waals surface area (Å²) in [6.07, 6.45) is 1.01. The minimum atomic E-state index is -0.101. The summed E-state index contributed by atoms with van der Waals surface area (Å²) in [5.41, 5.74) is 8.83. The third kappa shape index (κ3) is 2.93. The summed E-state index contributed by atoms with van der Waals surface area (Å²) in [6.45, 7) is 19.7. The highest BCUT2D eigenvalue weighted by molar-refractivity contribution is 5.78. The smallest absolute Gasteiger partial charge is 0.284 e. The Kier molecular flexibility index (Phi) is 4.17. The Morgan fingerprint density at radius 1 is 1.25 bits per heavy atom. The Labute approximate surface area is 123 Å². The average molecular weight is 280 g/mol. The number of nitrogens with zero attached hydrogens (tertiary/aromatic N) is 5. The maximum atomic E-state index is 9.03. The molecule has 0 radical (unpaired) electrons. The summed E-state index contributed by atoms with van der Waals surface area (Å²) >= 11 is 0. The van der Waals surface area contributed by atoms with Crippen molar-refractivity contribution in [3.63, 3.8) is 0 Å². The number of hydrogen-bond acceptors (Lipinski definition) is 2. The van der Waals surface area contributed by atoms with E-state index in [0.29, 0.717) is 0 Å². The molecular formula is C15H30N5+. The minimum absolute atomic E-state index is 0.0388. The molecule has 0 aliphatic carbocycles. The van der Waals surface area contributed by atoms with Gasteiger partial charge in [-0.05, 0) is 67.8 Å². The molecule has 0 amide bonds. The molecule has 114 valence electrons. The molecule has 0 aromatic carbocycles. The van der Waals surface area contributed by atoms with E-state index in [9.17, 15) is 0 Å². The van der Waals surface area contributed by atoms with Gasteiger partial charge in [0.05, 0.1) is 22.7 Å². The lowest BCUT2D eigenvalue weighted by atomic mass is 9.80. The molecule has 20 heavy (non-hydrogen) atoms. The normalized spacial score (nSPS) is 22.0. The van der Waals surface area contributed by atoms with Gasteiger partial charge in [0.2, 0.25) is 0 Å². The highest BCUT2D eigenvalue weighted by Crippen LogP contribution is 2.38. The standard InChI is InChI=1S/C15H30N5/c1-11(2)19-12(17-18-16)20(13(3,4)5)15(8,9)10-14(19,6)7/h11H,10H2,1-9H3/q+1. The quantitative estimate of drug-likeness (QED) is 0.308. The molecule has 0 spiro atoms. The molecule has 1 aliphatic heterocycles. The molecule has 0 saturated heterocycles. The van der Waals surface area contributed by atoms with Gasteiger partial charge in [0.1, 0.15) is 0 Å². The van der Waals surface area contributed by atoms with Gasteiger partial charge in [-0.3, -0.25) is 9.48 Å². The number of azide groups is 1. The lowest BCUT2D eigenvalue weighted by Gasteiger charge is -2.53. The molecular weight excluding hydrogens is 250 g/mol. The molecule has 0 fully saturated rings. The van der Waals surface area contributed by atoms with E-state index in [1.807, 2.05) is 0 Å². The van der Waals surface area contributed by atoms with E-state index >= 15 is 0 Å². The molecule has 0 unspecified atom stereocenters. The fourth-order valence-electron chi connectivity index (χ4n) is 4.14. The Bertz CT molecular complexity index is 459. The first-order valence-corrected chi connectivity index (χ1v) is 7.36. The first-order valence-electron chi connectivity index (χ1n) is 7.36. The highest BCUT2D eigenvalue weighted by Gasteiger charge is 2.51. The first-order chi connectivity index (χ1) is 8.84. The van der Waals surface area contributed by atoms with Crippen LogP contribution in [0.1, 0.15) is 68.7 Å². The zero-order valence-electron chi connectivity index (χ0n) is 14.5. The van der Waals surface area contributed by atoms with Gasteiger partial charge in [-0.1, -0.05) is 0 Å². The lowest BCUT2D eigenvalue weighted by Crippen LogP contribution is -2.67. The summed E-state index contributed by atoms with van der Waals surface area (Å²) in [4.78, 5) is 5.36. The van der Waals surface area contributed by atoms with Gasteiger partial charge >= 0.3 is 0 Å². The summed E-state index contributed by atoms with van der Waals surface area (Å²) in [6, 6.07) is 0.284. The predicted octanol–water partition coefficient (Wildman–Crippen LogP) is 4.14. The van der Waals surface area contributed by atoms with Crippen LogP contribution in [0.15, 0.2) is 5.11 Å². The van der Waals surface area contributed by atoms with E-state index in [2.05, 4.69) is 81.8 Å². The summed E-state index contributed by atoms with van der Waals surface area (Å²) in [7, 11) is 0. The second kappa shape index (κ2) is 4.96. The third-order valence-electron chi connectivity index (χ3n) is 3.86. The van der Waals surface area contributed by atoms with Crippen LogP contribution in [-0.4, -0.2) is 38.1 Å². The lowest BCUT2D eigenvalue weighted by molar-refractivity contribution is -0.642. The van der Waals surface area contributed by atoms with Crippen molar-refractivity contribution in [3.05, 3.63) is 10.4 Å². The van der Waals surface area contributed by atoms with Crippen molar-refractivity contribution in [2.45, 2.75) is 91.4 Å². The summed E-state index contributed by atoms with van der Waals surface area (Å²) < 4.78 is 2.25. The molecule has 0 aromatic rings. The number of hydrogen-bond donors (Lipinski definition) is 0. The van der Waals surface area contributed by atoms with Gasteiger partial charge < -0.3 is 0 Å². The van der Waals surface area contributed by atoms with Crippen molar-refractivity contribution in [2.75, 3.05) is 0 Å². The summed E-state index contributed by atoms with van der Waals surface area (Å²) in [5.74, 6) is 0.747. The van der Waals surface area contributed by atoms with Crippen LogP contribution in [0.2, 0.25) is 0 Å². The molecule has 1 aliphatic rings. The molecule has 0 saturated carbocycles. The van der Waals surface area contributed by atoms with E-state index < -0.39 is 0 Å². The van der Waals surface area contributed by atoms with Gasteiger partial charge in [-0.25, -0.2) is 0 Å². The zero-order chi connectivity index (χ0) is 15.9. The van der Waals surface area contributed by atoms with Crippen molar-refractivity contribution >= 4 is 5.96 Å². The average Bonchev–Trinajstić information content (AvgIpc) is 2.09. The van der Waals surface area contributed by atoms with Gasteiger partial charge in [-0.15, -0.1) is 0 Å². The Balaban J connectivity index is 3.70. The SMILES string of the molecule is CC(C)[N+]1=C(N=[N+]=[N-])N(C(C)(C)C)C(C)(C)CC1(C)C. The van der Waals surface area contributed by atoms with E-state index in [0.717, 1.165) is 12.4 Å². The molecule has 1 rings (SSSR count). The van der Waals surface area contributed by atoms with Crippen LogP contribution in [0.25, 0.3) is 10.4 Å². The Hall–Kier alpha value is -1.22. The monoisotopic (exact) mass is 280 g/mol. The number of rotatable bonds is 1. The van der Waals surface area contributed by atoms with Crippen LogP contribution < -0.4 is 0 Å². The van der Waals surface area contributed by atoms with Crippen LogP contribution in [0, 0.1) is 0 Å². The van der Waals surface area contributed by atoms with Crippen LogP contribution in [0.5, 0.6) is 0 Å². The maximum Gasteiger partial charge on any atom is 0.284 e. The molecule has 0 bridgehead atoms. The van der Waals surface area contributed by atoms with Crippen molar-refractivity contribution < 1.29 is 4.58 Å². The second-order valence-corrected chi connectivity index (χ2v) is 8.26. The highest BCUT2D eigenvalue weighted by atomic mass is 15.5. The van der Waals surface area contributed by atoms with Gasteiger partial charge in [-0.2, -0.15) is 0 Å². The van der Waals surface area contributed by atoms with E-state index in [4.69, 9.17) is 5.53 Å². The maximum absolute atomic E-state index is 9.03. The third-order valence-corrected chi connectivity index (χ3v) is 3.86. The number of guanidine groups is 1. The van der Waals surface area contributed by atoms with Crippen molar-refractivity contribution in [1.29, 1.82) is 0 Å². The van der Waals surface area contributed by atoms with Crippen molar-refractivity contribution in [3.8, 4) is 0 Å². The predicted molar refractivity (Wildman–Crippen MR) is 83.9 cm³/mol. The fourth-order valence-corrected chi connectivity index (χ4v) is 4.14. The largest absolute Gasteiger partial charge is 0.284 e. The fraction of sp³-hybridized carbons (Fsp3) is 0.933. The van der Waals surface area contributed by atoms with Crippen LogP contribution in [0.3, 0.4) is 0 Å². The van der Waals surface area contributed by atoms with Gasteiger partial charge in [0, 0.05) is 16.4 Å². The molecule has 1 heterocycles. The van der Waals surface area contributed by atoms with E-state index in [1.54, 1.807) is 0 Å². The van der Waals surface area contributed by atoms with Crippen molar-refractivity contribution in [2.24, 2.45) is 5.11 Å². The minimum Gasteiger partial charge on any atom is -0.284 e. The Morgan fingerprint density at radius 2 is 1.75 bits per heavy atom.